The van der Waals surface area contributed by atoms with Gasteiger partial charge in [-0.05, 0) is 47.6 Å². The lowest BCUT2D eigenvalue weighted by molar-refractivity contribution is 0.734. The highest BCUT2D eigenvalue weighted by atomic mass is 14.9. The van der Waals surface area contributed by atoms with Crippen molar-refractivity contribution >= 4 is 11.4 Å². The molecule has 2 aromatic rings. The van der Waals surface area contributed by atoms with E-state index in [1.807, 2.05) is 0 Å². The van der Waals surface area contributed by atoms with Gasteiger partial charge in [0.25, 0.3) is 0 Å². The van der Waals surface area contributed by atoms with Crippen LogP contribution in [0.5, 0.6) is 0 Å². The second-order valence-electron chi connectivity index (χ2n) is 5.91. The molecule has 1 unspecified atom stereocenters. The first-order valence-corrected chi connectivity index (χ1v) is 7.96. The number of rotatable bonds is 5. The SMILES string of the molecule is CCC(C)c1ccc(NCc2cccc3c2NCC3)cc1. The third kappa shape index (κ3) is 3.05. The summed E-state index contributed by atoms with van der Waals surface area (Å²) in [5.74, 6) is 0.639. The van der Waals surface area contributed by atoms with Gasteiger partial charge in [-0.2, -0.15) is 0 Å². The molecular formula is C19H24N2. The average Bonchev–Trinajstić information content (AvgIpc) is 3.02. The number of anilines is 2. The summed E-state index contributed by atoms with van der Waals surface area (Å²) in [4.78, 5) is 0. The molecule has 1 aliphatic heterocycles. The van der Waals surface area contributed by atoms with Gasteiger partial charge in [-0.15, -0.1) is 0 Å². The van der Waals surface area contributed by atoms with Gasteiger partial charge in [0, 0.05) is 24.5 Å². The molecule has 0 saturated carbocycles. The molecule has 0 aromatic heterocycles. The second-order valence-corrected chi connectivity index (χ2v) is 5.91. The van der Waals surface area contributed by atoms with Gasteiger partial charge in [-0.1, -0.05) is 44.2 Å². The Morgan fingerprint density at radius 3 is 2.71 bits per heavy atom. The Morgan fingerprint density at radius 2 is 1.95 bits per heavy atom. The van der Waals surface area contributed by atoms with Crippen molar-refractivity contribution in [2.75, 3.05) is 17.2 Å². The van der Waals surface area contributed by atoms with Gasteiger partial charge >= 0.3 is 0 Å². The van der Waals surface area contributed by atoms with Crippen LogP contribution in [0.25, 0.3) is 0 Å². The van der Waals surface area contributed by atoms with Gasteiger partial charge in [-0.25, -0.2) is 0 Å². The van der Waals surface area contributed by atoms with Crippen molar-refractivity contribution in [3.8, 4) is 0 Å². The fourth-order valence-corrected chi connectivity index (χ4v) is 2.92. The van der Waals surface area contributed by atoms with Crippen LogP contribution < -0.4 is 10.6 Å². The van der Waals surface area contributed by atoms with Gasteiger partial charge in [-0.3, -0.25) is 0 Å². The second kappa shape index (κ2) is 6.21. The predicted octanol–water partition coefficient (Wildman–Crippen LogP) is 4.78. The molecule has 3 rings (SSSR count). The molecule has 0 spiro atoms. The van der Waals surface area contributed by atoms with E-state index < -0.39 is 0 Å². The summed E-state index contributed by atoms with van der Waals surface area (Å²) < 4.78 is 0. The van der Waals surface area contributed by atoms with Crippen LogP contribution in [0.3, 0.4) is 0 Å². The summed E-state index contributed by atoms with van der Waals surface area (Å²) in [6.45, 7) is 6.45. The predicted molar refractivity (Wildman–Crippen MR) is 91.1 cm³/mol. The number of benzene rings is 2. The van der Waals surface area contributed by atoms with Crippen LogP contribution >= 0.6 is 0 Å². The van der Waals surface area contributed by atoms with E-state index in [1.54, 1.807) is 0 Å². The molecule has 2 nitrogen and oxygen atoms in total. The number of hydrogen-bond donors (Lipinski definition) is 2. The van der Waals surface area contributed by atoms with Crippen molar-refractivity contribution in [3.05, 3.63) is 59.2 Å². The van der Waals surface area contributed by atoms with Crippen LogP contribution in [0.15, 0.2) is 42.5 Å². The molecule has 0 aliphatic carbocycles. The number of hydrogen-bond acceptors (Lipinski definition) is 2. The Bertz CT molecular complexity index is 601. The fraction of sp³-hybridized carbons (Fsp3) is 0.368. The summed E-state index contributed by atoms with van der Waals surface area (Å²) in [6.07, 6.45) is 2.33. The Hall–Kier alpha value is -1.96. The van der Waals surface area contributed by atoms with Crippen LogP contribution in [0.1, 0.15) is 42.9 Å². The fourth-order valence-electron chi connectivity index (χ4n) is 2.92. The standard InChI is InChI=1S/C19H24N2/c1-3-14(2)15-7-9-18(10-8-15)21-13-17-6-4-5-16-11-12-20-19(16)17/h4-10,14,20-21H,3,11-13H2,1-2H3. The minimum Gasteiger partial charge on any atom is -0.384 e. The molecule has 0 amide bonds. The molecule has 110 valence electrons. The maximum atomic E-state index is 3.53. The minimum atomic E-state index is 0.639. The first kappa shape index (κ1) is 14.0. The topological polar surface area (TPSA) is 24.1 Å². The summed E-state index contributed by atoms with van der Waals surface area (Å²) in [7, 11) is 0. The first-order chi connectivity index (χ1) is 10.3. The normalized spacial score (nSPS) is 14.4. The van der Waals surface area contributed by atoms with Crippen molar-refractivity contribution < 1.29 is 0 Å². The van der Waals surface area contributed by atoms with E-state index in [2.05, 4.69) is 66.9 Å². The zero-order valence-corrected chi connectivity index (χ0v) is 12.9. The van der Waals surface area contributed by atoms with Crippen molar-refractivity contribution in [3.63, 3.8) is 0 Å². The van der Waals surface area contributed by atoms with Gasteiger partial charge in [0.15, 0.2) is 0 Å². The van der Waals surface area contributed by atoms with Gasteiger partial charge in [0.2, 0.25) is 0 Å². The van der Waals surface area contributed by atoms with Crippen LogP contribution in [0.4, 0.5) is 11.4 Å². The van der Waals surface area contributed by atoms with E-state index in [-0.39, 0.29) is 0 Å². The van der Waals surface area contributed by atoms with Crippen LogP contribution in [0, 0.1) is 0 Å². The van der Waals surface area contributed by atoms with Crippen LogP contribution in [-0.4, -0.2) is 6.54 Å². The van der Waals surface area contributed by atoms with E-state index in [1.165, 1.54) is 34.5 Å². The smallest absolute Gasteiger partial charge is 0.0424 e. The summed E-state index contributed by atoms with van der Waals surface area (Å²) in [5.41, 5.74) is 6.75. The van der Waals surface area contributed by atoms with E-state index in [0.717, 1.165) is 19.5 Å². The molecule has 21 heavy (non-hydrogen) atoms. The van der Waals surface area contributed by atoms with E-state index >= 15 is 0 Å². The molecular weight excluding hydrogens is 256 g/mol. The summed E-state index contributed by atoms with van der Waals surface area (Å²) in [5, 5.41) is 7.03. The third-order valence-electron chi connectivity index (χ3n) is 4.51. The zero-order valence-electron chi connectivity index (χ0n) is 12.9. The Kier molecular flexibility index (Phi) is 4.14. The molecule has 0 fully saturated rings. The van der Waals surface area contributed by atoms with Gasteiger partial charge in [0.05, 0.1) is 0 Å². The maximum absolute atomic E-state index is 3.53. The number of fused-ring (bicyclic) bond motifs is 1. The molecule has 1 aliphatic rings. The first-order valence-electron chi connectivity index (χ1n) is 7.96. The molecule has 2 heteroatoms. The minimum absolute atomic E-state index is 0.639. The highest BCUT2D eigenvalue weighted by molar-refractivity contribution is 5.62. The molecule has 2 N–H and O–H groups in total. The Balaban J connectivity index is 1.67. The van der Waals surface area contributed by atoms with Crippen LogP contribution in [-0.2, 0) is 13.0 Å². The number of nitrogens with one attached hydrogen (secondary N) is 2. The van der Waals surface area contributed by atoms with Crippen molar-refractivity contribution in [2.45, 2.75) is 39.2 Å². The zero-order chi connectivity index (χ0) is 14.7. The number of para-hydroxylation sites is 1. The maximum Gasteiger partial charge on any atom is 0.0424 e. The summed E-state index contributed by atoms with van der Waals surface area (Å²) in [6, 6.07) is 15.5. The van der Waals surface area contributed by atoms with E-state index in [4.69, 9.17) is 0 Å². The van der Waals surface area contributed by atoms with Crippen molar-refractivity contribution in [2.24, 2.45) is 0 Å². The molecule has 0 saturated heterocycles. The van der Waals surface area contributed by atoms with Crippen molar-refractivity contribution in [1.29, 1.82) is 0 Å². The lowest BCUT2D eigenvalue weighted by atomic mass is 9.98. The molecule has 2 aromatic carbocycles. The van der Waals surface area contributed by atoms with E-state index in [9.17, 15) is 0 Å². The van der Waals surface area contributed by atoms with Gasteiger partial charge < -0.3 is 10.6 Å². The van der Waals surface area contributed by atoms with E-state index in [0.29, 0.717) is 5.92 Å². The molecule has 0 radical (unpaired) electrons. The highest BCUT2D eigenvalue weighted by Gasteiger charge is 2.13. The Labute approximate surface area is 127 Å². The summed E-state index contributed by atoms with van der Waals surface area (Å²) >= 11 is 0. The lowest BCUT2D eigenvalue weighted by Gasteiger charge is -2.13. The highest BCUT2D eigenvalue weighted by Crippen LogP contribution is 2.27. The third-order valence-corrected chi connectivity index (χ3v) is 4.51. The lowest BCUT2D eigenvalue weighted by Crippen LogP contribution is -2.03. The molecule has 0 bridgehead atoms. The quantitative estimate of drug-likeness (QED) is 0.823. The van der Waals surface area contributed by atoms with Crippen molar-refractivity contribution in [1.82, 2.24) is 0 Å². The largest absolute Gasteiger partial charge is 0.384 e. The molecule has 1 atom stereocenters. The van der Waals surface area contributed by atoms with Crippen LogP contribution in [0.2, 0.25) is 0 Å². The Morgan fingerprint density at radius 1 is 1.14 bits per heavy atom. The monoisotopic (exact) mass is 280 g/mol. The van der Waals surface area contributed by atoms with Gasteiger partial charge in [0.1, 0.15) is 0 Å². The average molecular weight is 280 g/mol. The molecule has 1 heterocycles.